The topological polar surface area (TPSA) is 72.7 Å². The molecule has 1 saturated heterocycles. The molecule has 0 atom stereocenters. The summed E-state index contributed by atoms with van der Waals surface area (Å²) >= 11 is 3.32. The number of carbonyl (C=O) groups is 1. The Morgan fingerprint density at radius 1 is 1.43 bits per heavy atom. The molecule has 21 heavy (non-hydrogen) atoms. The molecule has 1 aliphatic heterocycles. The number of alkyl halides is 1. The molecule has 1 amide bonds. The van der Waals surface area contributed by atoms with Gasteiger partial charge in [0, 0.05) is 36.1 Å². The van der Waals surface area contributed by atoms with Gasteiger partial charge in [-0.05, 0) is 18.9 Å². The van der Waals surface area contributed by atoms with E-state index in [1.807, 2.05) is 0 Å². The van der Waals surface area contributed by atoms with Gasteiger partial charge in [-0.15, -0.1) is 0 Å². The fourth-order valence-corrected chi connectivity index (χ4v) is 2.56. The van der Waals surface area contributed by atoms with Crippen molar-refractivity contribution in [1.29, 1.82) is 0 Å². The number of benzene rings is 1. The van der Waals surface area contributed by atoms with Crippen LogP contribution in [0.2, 0.25) is 0 Å². The second-order valence-electron chi connectivity index (χ2n) is 4.86. The van der Waals surface area contributed by atoms with Crippen molar-refractivity contribution in [3.8, 4) is 0 Å². The average Bonchev–Trinajstić information content (AvgIpc) is 2.53. The van der Waals surface area contributed by atoms with E-state index in [0.717, 1.165) is 18.2 Å². The van der Waals surface area contributed by atoms with Gasteiger partial charge >= 0.3 is 0 Å². The summed E-state index contributed by atoms with van der Waals surface area (Å²) in [5, 5.41) is 11.6. The minimum atomic E-state index is -0.489. The van der Waals surface area contributed by atoms with Gasteiger partial charge in [0.15, 0.2) is 0 Å². The lowest BCUT2D eigenvalue weighted by Crippen LogP contribution is -2.41. The Balaban J connectivity index is 1.95. The lowest BCUT2D eigenvalue weighted by Gasteiger charge is -2.31. The summed E-state index contributed by atoms with van der Waals surface area (Å²) in [5.74, 6) is -0.155. The third-order valence-corrected chi connectivity index (χ3v) is 3.79. The molecule has 0 N–H and O–H groups in total. The number of nitrogens with zero attached hydrogens (tertiary/aromatic N) is 2. The van der Waals surface area contributed by atoms with Crippen LogP contribution < -0.4 is 0 Å². The number of piperidine rings is 1. The fraction of sp³-hybridized carbons (Fsp3) is 0.500. The summed E-state index contributed by atoms with van der Waals surface area (Å²) in [4.78, 5) is 24.3. The molecule has 0 aromatic heterocycles. The largest absolute Gasteiger partial charge is 0.377 e. The van der Waals surface area contributed by atoms with Crippen molar-refractivity contribution in [2.45, 2.75) is 18.9 Å². The molecule has 2 rings (SSSR count). The molecule has 1 aromatic carbocycles. The van der Waals surface area contributed by atoms with E-state index in [9.17, 15) is 14.9 Å². The first-order valence-electron chi connectivity index (χ1n) is 6.83. The van der Waals surface area contributed by atoms with Gasteiger partial charge in [-0.3, -0.25) is 14.9 Å². The molecule has 0 radical (unpaired) electrons. The van der Waals surface area contributed by atoms with Gasteiger partial charge in [0.1, 0.15) is 0 Å². The SMILES string of the molecule is O=C(c1cccc([N+](=O)[O-])c1)N1CCC(OCCBr)CC1. The Labute approximate surface area is 131 Å². The molecule has 1 aliphatic rings. The number of hydrogen-bond donors (Lipinski definition) is 0. The Morgan fingerprint density at radius 3 is 2.76 bits per heavy atom. The second kappa shape index (κ2) is 7.51. The summed E-state index contributed by atoms with van der Waals surface area (Å²) < 4.78 is 5.64. The smallest absolute Gasteiger partial charge is 0.270 e. The number of hydrogen-bond acceptors (Lipinski definition) is 4. The third kappa shape index (κ3) is 4.25. The number of non-ortho nitro benzene ring substituents is 1. The summed E-state index contributed by atoms with van der Waals surface area (Å²) in [6, 6.07) is 5.87. The van der Waals surface area contributed by atoms with Crippen LogP contribution in [0.15, 0.2) is 24.3 Å². The second-order valence-corrected chi connectivity index (χ2v) is 5.65. The zero-order valence-corrected chi connectivity index (χ0v) is 13.1. The van der Waals surface area contributed by atoms with Gasteiger partial charge < -0.3 is 9.64 Å². The first-order valence-corrected chi connectivity index (χ1v) is 7.95. The monoisotopic (exact) mass is 356 g/mol. The number of ether oxygens (including phenoxy) is 1. The molecular formula is C14H17BrN2O4. The van der Waals surface area contributed by atoms with Gasteiger partial charge in [0.05, 0.1) is 17.6 Å². The van der Waals surface area contributed by atoms with Crippen molar-refractivity contribution in [2.24, 2.45) is 0 Å². The first kappa shape index (κ1) is 15.9. The number of likely N-dealkylation sites (tertiary alicyclic amines) is 1. The van der Waals surface area contributed by atoms with Crippen LogP contribution in [0, 0.1) is 10.1 Å². The highest BCUT2D eigenvalue weighted by Gasteiger charge is 2.24. The quantitative estimate of drug-likeness (QED) is 0.461. The number of nitro groups is 1. The van der Waals surface area contributed by atoms with E-state index >= 15 is 0 Å². The third-order valence-electron chi connectivity index (χ3n) is 3.46. The highest BCUT2D eigenvalue weighted by molar-refractivity contribution is 9.09. The van der Waals surface area contributed by atoms with Crippen molar-refractivity contribution in [3.05, 3.63) is 39.9 Å². The van der Waals surface area contributed by atoms with Gasteiger partial charge in [-0.1, -0.05) is 22.0 Å². The van der Waals surface area contributed by atoms with E-state index in [2.05, 4.69) is 15.9 Å². The van der Waals surface area contributed by atoms with Crippen LogP contribution in [-0.4, -0.2) is 46.9 Å². The van der Waals surface area contributed by atoms with Crippen LogP contribution in [0.1, 0.15) is 23.2 Å². The van der Waals surface area contributed by atoms with Crippen molar-refractivity contribution >= 4 is 27.5 Å². The Bertz CT molecular complexity index is 515. The molecule has 114 valence electrons. The highest BCUT2D eigenvalue weighted by Crippen LogP contribution is 2.19. The Morgan fingerprint density at radius 2 is 2.14 bits per heavy atom. The minimum Gasteiger partial charge on any atom is -0.377 e. The maximum absolute atomic E-state index is 12.4. The van der Waals surface area contributed by atoms with Gasteiger partial charge in [0.25, 0.3) is 11.6 Å². The summed E-state index contributed by atoms with van der Waals surface area (Å²) in [5.41, 5.74) is 0.306. The maximum atomic E-state index is 12.4. The van der Waals surface area contributed by atoms with Crippen molar-refractivity contribution in [1.82, 2.24) is 4.90 Å². The van der Waals surface area contributed by atoms with E-state index in [0.29, 0.717) is 25.3 Å². The first-order chi connectivity index (χ1) is 10.1. The van der Waals surface area contributed by atoms with Crippen LogP contribution in [0.3, 0.4) is 0 Å². The Kier molecular flexibility index (Phi) is 5.69. The van der Waals surface area contributed by atoms with E-state index in [1.165, 1.54) is 18.2 Å². The van der Waals surface area contributed by atoms with Gasteiger partial charge in [-0.25, -0.2) is 0 Å². The number of rotatable bonds is 5. The number of amides is 1. The molecule has 1 fully saturated rings. The standard InChI is InChI=1S/C14H17BrN2O4/c15-6-9-21-13-4-7-16(8-5-13)14(18)11-2-1-3-12(10-11)17(19)20/h1-3,10,13H,4-9H2. The van der Waals surface area contributed by atoms with E-state index < -0.39 is 4.92 Å². The van der Waals surface area contributed by atoms with Crippen molar-refractivity contribution in [2.75, 3.05) is 25.0 Å². The summed E-state index contributed by atoms with van der Waals surface area (Å²) in [7, 11) is 0. The zero-order valence-electron chi connectivity index (χ0n) is 11.5. The molecular weight excluding hydrogens is 340 g/mol. The average molecular weight is 357 g/mol. The fourth-order valence-electron chi connectivity index (χ4n) is 2.37. The van der Waals surface area contributed by atoms with Crippen molar-refractivity contribution < 1.29 is 14.5 Å². The summed E-state index contributed by atoms with van der Waals surface area (Å²) in [6.45, 7) is 1.91. The normalized spacial score (nSPS) is 16.0. The molecule has 0 saturated carbocycles. The zero-order chi connectivity index (χ0) is 15.2. The number of carbonyl (C=O) groups excluding carboxylic acids is 1. The Hall–Kier alpha value is -1.47. The lowest BCUT2D eigenvalue weighted by molar-refractivity contribution is -0.384. The molecule has 0 spiro atoms. The lowest BCUT2D eigenvalue weighted by atomic mass is 10.1. The van der Waals surface area contributed by atoms with Crippen LogP contribution in [-0.2, 0) is 4.74 Å². The van der Waals surface area contributed by atoms with E-state index in [4.69, 9.17) is 4.74 Å². The molecule has 1 heterocycles. The van der Waals surface area contributed by atoms with Crippen LogP contribution >= 0.6 is 15.9 Å². The van der Waals surface area contributed by atoms with Crippen LogP contribution in [0.25, 0.3) is 0 Å². The molecule has 1 aromatic rings. The minimum absolute atomic E-state index is 0.0589. The maximum Gasteiger partial charge on any atom is 0.270 e. The van der Waals surface area contributed by atoms with Crippen LogP contribution in [0.5, 0.6) is 0 Å². The predicted octanol–water partition coefficient (Wildman–Crippen LogP) is 2.61. The highest BCUT2D eigenvalue weighted by atomic mass is 79.9. The molecule has 0 bridgehead atoms. The van der Waals surface area contributed by atoms with Gasteiger partial charge in [0.2, 0.25) is 0 Å². The van der Waals surface area contributed by atoms with Crippen LogP contribution in [0.4, 0.5) is 5.69 Å². The van der Waals surface area contributed by atoms with Crippen molar-refractivity contribution in [3.63, 3.8) is 0 Å². The number of nitro benzene ring substituents is 1. The molecule has 0 unspecified atom stereocenters. The predicted molar refractivity (Wildman–Crippen MR) is 81.8 cm³/mol. The molecule has 0 aliphatic carbocycles. The summed E-state index contributed by atoms with van der Waals surface area (Å²) in [6.07, 6.45) is 1.79. The van der Waals surface area contributed by atoms with Gasteiger partial charge in [-0.2, -0.15) is 0 Å². The van der Waals surface area contributed by atoms with E-state index in [-0.39, 0.29) is 17.7 Å². The molecule has 6 nitrogen and oxygen atoms in total. The molecule has 7 heteroatoms. The number of halogens is 1. The van der Waals surface area contributed by atoms with E-state index in [1.54, 1.807) is 11.0 Å².